The van der Waals surface area contributed by atoms with Gasteiger partial charge in [-0.25, -0.2) is 15.0 Å². The summed E-state index contributed by atoms with van der Waals surface area (Å²) in [6.45, 7) is 5.69. The number of aromatic nitrogens is 5. The topological polar surface area (TPSA) is 72.2 Å². The summed E-state index contributed by atoms with van der Waals surface area (Å²) in [5, 5.41) is 4.12. The molecule has 1 saturated heterocycles. The Kier molecular flexibility index (Phi) is 4.25. The van der Waals surface area contributed by atoms with E-state index in [1.165, 1.54) is 0 Å². The average molecular weight is 289 g/mol. The van der Waals surface area contributed by atoms with Crippen LogP contribution < -0.4 is 9.64 Å². The molecule has 3 heterocycles. The van der Waals surface area contributed by atoms with Gasteiger partial charge in [-0.15, -0.1) is 0 Å². The van der Waals surface area contributed by atoms with Crippen molar-refractivity contribution in [3.8, 4) is 5.88 Å². The molecular weight excluding hydrogens is 270 g/mol. The Labute approximate surface area is 123 Å². The molecule has 0 radical (unpaired) electrons. The Morgan fingerprint density at radius 2 is 1.90 bits per heavy atom. The van der Waals surface area contributed by atoms with E-state index in [1.54, 1.807) is 32.2 Å². The smallest absolute Gasteiger partial charge is 0.257 e. The first-order valence-corrected chi connectivity index (χ1v) is 7.01. The summed E-state index contributed by atoms with van der Waals surface area (Å²) in [6, 6.07) is 0. The highest BCUT2D eigenvalue weighted by Crippen LogP contribution is 2.22. The van der Waals surface area contributed by atoms with Crippen LogP contribution in [0.25, 0.3) is 0 Å². The van der Waals surface area contributed by atoms with Crippen LogP contribution in [-0.2, 0) is 6.54 Å². The van der Waals surface area contributed by atoms with Crippen LogP contribution in [0.2, 0.25) is 0 Å². The predicted octanol–water partition coefficient (Wildman–Crippen LogP) is -0.101. The van der Waals surface area contributed by atoms with E-state index >= 15 is 0 Å². The van der Waals surface area contributed by atoms with Gasteiger partial charge in [-0.2, -0.15) is 5.10 Å². The van der Waals surface area contributed by atoms with Crippen molar-refractivity contribution in [3.63, 3.8) is 0 Å². The zero-order chi connectivity index (χ0) is 14.5. The zero-order valence-electron chi connectivity index (χ0n) is 12.1. The van der Waals surface area contributed by atoms with Gasteiger partial charge in [0.25, 0.3) is 5.88 Å². The van der Waals surface area contributed by atoms with E-state index in [2.05, 4.69) is 29.9 Å². The molecule has 0 saturated carbocycles. The van der Waals surface area contributed by atoms with Crippen LogP contribution in [0.15, 0.2) is 25.0 Å². The fourth-order valence-corrected chi connectivity index (χ4v) is 2.45. The monoisotopic (exact) mass is 289 g/mol. The third kappa shape index (κ3) is 3.27. The Morgan fingerprint density at radius 1 is 1.10 bits per heavy atom. The van der Waals surface area contributed by atoms with Gasteiger partial charge in [-0.05, 0) is 0 Å². The Balaban J connectivity index is 1.53. The number of hydrogen-bond acceptors (Lipinski definition) is 7. The molecule has 112 valence electrons. The molecular formula is C13H19N7O. The van der Waals surface area contributed by atoms with Crippen LogP contribution in [0.5, 0.6) is 5.88 Å². The van der Waals surface area contributed by atoms with Gasteiger partial charge in [0.2, 0.25) is 0 Å². The molecule has 1 aliphatic heterocycles. The van der Waals surface area contributed by atoms with Crippen molar-refractivity contribution in [2.45, 2.75) is 6.54 Å². The van der Waals surface area contributed by atoms with E-state index in [0.717, 1.165) is 45.1 Å². The van der Waals surface area contributed by atoms with Gasteiger partial charge in [0, 0.05) is 45.1 Å². The molecule has 0 amide bonds. The van der Waals surface area contributed by atoms with E-state index in [1.807, 2.05) is 4.68 Å². The van der Waals surface area contributed by atoms with E-state index in [4.69, 9.17) is 4.74 Å². The number of anilines is 1. The van der Waals surface area contributed by atoms with E-state index < -0.39 is 0 Å². The molecule has 0 unspecified atom stereocenters. The van der Waals surface area contributed by atoms with Gasteiger partial charge < -0.3 is 9.64 Å². The second-order valence-corrected chi connectivity index (χ2v) is 4.88. The fraction of sp³-hybridized carbons (Fsp3) is 0.538. The lowest BCUT2D eigenvalue weighted by atomic mass is 10.3. The first kappa shape index (κ1) is 13.7. The Bertz CT molecular complexity index is 551. The first-order chi connectivity index (χ1) is 10.4. The Morgan fingerprint density at radius 3 is 2.62 bits per heavy atom. The van der Waals surface area contributed by atoms with Crippen molar-refractivity contribution in [1.29, 1.82) is 0 Å². The van der Waals surface area contributed by atoms with Crippen molar-refractivity contribution in [2.75, 3.05) is 44.7 Å². The second kappa shape index (κ2) is 6.49. The second-order valence-electron chi connectivity index (χ2n) is 4.88. The number of piperazine rings is 1. The van der Waals surface area contributed by atoms with Crippen molar-refractivity contribution < 1.29 is 4.74 Å². The highest BCUT2D eigenvalue weighted by molar-refractivity contribution is 5.48. The molecule has 0 bridgehead atoms. The van der Waals surface area contributed by atoms with Gasteiger partial charge in [-0.1, -0.05) is 0 Å². The van der Waals surface area contributed by atoms with Crippen LogP contribution in [0.3, 0.4) is 0 Å². The molecule has 1 aliphatic rings. The third-order valence-corrected chi connectivity index (χ3v) is 3.62. The fourth-order valence-electron chi connectivity index (χ4n) is 2.45. The highest BCUT2D eigenvalue weighted by Gasteiger charge is 2.20. The number of ether oxygens (including phenoxy) is 1. The van der Waals surface area contributed by atoms with E-state index in [9.17, 15) is 0 Å². The molecule has 2 aromatic rings. The minimum atomic E-state index is 0.591. The SMILES string of the molecule is COc1nccnc1N1CCN(CCn2cncn2)CC1. The van der Waals surface area contributed by atoms with Crippen LogP contribution in [0.4, 0.5) is 5.82 Å². The van der Waals surface area contributed by atoms with Crippen LogP contribution in [0.1, 0.15) is 0 Å². The maximum absolute atomic E-state index is 5.27. The summed E-state index contributed by atoms with van der Waals surface area (Å²) in [5.74, 6) is 1.42. The maximum Gasteiger partial charge on any atom is 0.257 e. The summed E-state index contributed by atoms with van der Waals surface area (Å²) >= 11 is 0. The van der Waals surface area contributed by atoms with Crippen molar-refractivity contribution in [2.24, 2.45) is 0 Å². The molecule has 8 heteroatoms. The van der Waals surface area contributed by atoms with Crippen LogP contribution in [-0.4, -0.2) is 69.5 Å². The predicted molar refractivity (Wildman–Crippen MR) is 77.3 cm³/mol. The molecule has 0 atom stereocenters. The van der Waals surface area contributed by atoms with Crippen molar-refractivity contribution in [3.05, 3.63) is 25.0 Å². The lowest BCUT2D eigenvalue weighted by molar-refractivity contribution is 0.243. The van der Waals surface area contributed by atoms with Gasteiger partial charge >= 0.3 is 0 Å². The summed E-state index contributed by atoms with van der Waals surface area (Å²) < 4.78 is 7.13. The van der Waals surface area contributed by atoms with Gasteiger partial charge in [0.1, 0.15) is 12.7 Å². The number of methoxy groups -OCH3 is 1. The van der Waals surface area contributed by atoms with E-state index in [0.29, 0.717) is 5.88 Å². The lowest BCUT2D eigenvalue weighted by Crippen LogP contribution is -2.47. The zero-order valence-corrected chi connectivity index (χ0v) is 12.1. The minimum Gasteiger partial charge on any atom is -0.478 e. The lowest BCUT2D eigenvalue weighted by Gasteiger charge is -2.35. The summed E-state index contributed by atoms with van der Waals surface area (Å²) in [5.41, 5.74) is 0. The highest BCUT2D eigenvalue weighted by atomic mass is 16.5. The molecule has 0 spiro atoms. The molecule has 1 fully saturated rings. The first-order valence-electron chi connectivity index (χ1n) is 7.01. The number of rotatable bonds is 5. The summed E-state index contributed by atoms with van der Waals surface area (Å²) in [6.07, 6.45) is 6.67. The average Bonchev–Trinajstić information content (AvgIpc) is 3.07. The van der Waals surface area contributed by atoms with Gasteiger partial charge in [0.05, 0.1) is 13.7 Å². The molecule has 2 aromatic heterocycles. The summed E-state index contributed by atoms with van der Waals surface area (Å²) in [7, 11) is 1.63. The summed E-state index contributed by atoms with van der Waals surface area (Å²) in [4.78, 5) is 17.2. The normalized spacial score (nSPS) is 16.1. The quantitative estimate of drug-likeness (QED) is 0.761. The third-order valence-electron chi connectivity index (χ3n) is 3.62. The number of hydrogen-bond donors (Lipinski definition) is 0. The van der Waals surface area contributed by atoms with Gasteiger partial charge in [-0.3, -0.25) is 9.58 Å². The molecule has 21 heavy (non-hydrogen) atoms. The molecule has 8 nitrogen and oxygen atoms in total. The molecule has 0 aromatic carbocycles. The molecule has 3 rings (SSSR count). The standard InChI is InChI=1S/C13H19N7O/c1-21-13-12(15-2-3-16-13)19-7-4-18(5-8-19)6-9-20-11-14-10-17-20/h2-3,10-11H,4-9H2,1H3. The largest absolute Gasteiger partial charge is 0.478 e. The van der Waals surface area contributed by atoms with Crippen molar-refractivity contribution in [1.82, 2.24) is 29.6 Å². The van der Waals surface area contributed by atoms with Crippen molar-refractivity contribution >= 4 is 5.82 Å². The van der Waals surface area contributed by atoms with E-state index in [-0.39, 0.29) is 0 Å². The minimum absolute atomic E-state index is 0.591. The molecule has 0 N–H and O–H groups in total. The van der Waals surface area contributed by atoms with Crippen LogP contribution in [0, 0.1) is 0 Å². The molecule has 0 aliphatic carbocycles. The maximum atomic E-state index is 5.27. The van der Waals surface area contributed by atoms with Gasteiger partial charge in [0.15, 0.2) is 5.82 Å². The Hall–Kier alpha value is -2.22. The van der Waals surface area contributed by atoms with Crippen LogP contribution >= 0.6 is 0 Å². The number of nitrogens with zero attached hydrogens (tertiary/aromatic N) is 7.